The van der Waals surface area contributed by atoms with Crippen LogP contribution in [0, 0.1) is 23.7 Å². The lowest BCUT2D eigenvalue weighted by molar-refractivity contribution is -0.578. The van der Waals surface area contributed by atoms with Gasteiger partial charge >= 0.3 is 5.97 Å². The van der Waals surface area contributed by atoms with Gasteiger partial charge in [0.1, 0.15) is 5.75 Å². The molecule has 8 nitrogen and oxygen atoms in total. The molecule has 4 aliphatic heterocycles. The van der Waals surface area contributed by atoms with E-state index in [0.717, 1.165) is 31.2 Å². The van der Waals surface area contributed by atoms with Gasteiger partial charge < -0.3 is 23.7 Å². The van der Waals surface area contributed by atoms with Crippen molar-refractivity contribution in [3.05, 3.63) is 29.8 Å². The number of benzene rings is 1. The lowest BCUT2D eigenvalue weighted by Crippen LogP contribution is -2.70. The van der Waals surface area contributed by atoms with E-state index < -0.39 is 24.0 Å². The van der Waals surface area contributed by atoms with E-state index in [0.29, 0.717) is 24.2 Å². The van der Waals surface area contributed by atoms with Gasteiger partial charge in [0, 0.05) is 18.3 Å². The average molecular weight is 491 g/mol. The molecule has 1 aromatic carbocycles. The molecule has 194 valence electrons. The Morgan fingerprint density at radius 3 is 2.63 bits per heavy atom. The lowest BCUT2D eigenvalue weighted by Gasteiger charge is -2.60. The van der Waals surface area contributed by atoms with Gasteiger partial charge in [-0.15, -0.1) is 0 Å². The Morgan fingerprint density at radius 2 is 1.89 bits per heavy atom. The average Bonchev–Trinajstić information content (AvgIpc) is 3.07. The van der Waals surface area contributed by atoms with Crippen LogP contribution in [-0.2, 0) is 33.5 Å². The molecule has 9 atom stereocenters. The summed E-state index contributed by atoms with van der Waals surface area (Å²) in [7, 11) is 0. The van der Waals surface area contributed by atoms with Crippen molar-refractivity contribution in [3.8, 4) is 5.75 Å². The Morgan fingerprint density at radius 1 is 1.11 bits per heavy atom. The molecular formula is C27H38O8. The molecule has 0 N–H and O–H groups in total. The third kappa shape index (κ3) is 4.48. The molecule has 1 aliphatic carbocycles. The smallest absolute Gasteiger partial charge is 0.344 e. The molecule has 3 unspecified atom stereocenters. The van der Waals surface area contributed by atoms with E-state index in [4.69, 9.17) is 33.5 Å². The van der Waals surface area contributed by atoms with Gasteiger partial charge in [-0.3, -0.25) is 0 Å². The first-order valence-electron chi connectivity index (χ1n) is 13.0. The summed E-state index contributed by atoms with van der Waals surface area (Å²) in [5.74, 6) is 0.622. The fourth-order valence-corrected chi connectivity index (χ4v) is 6.49. The van der Waals surface area contributed by atoms with Crippen LogP contribution in [0.3, 0.4) is 0 Å². The molecule has 0 radical (unpaired) electrons. The van der Waals surface area contributed by atoms with Gasteiger partial charge in [-0.2, -0.15) is 0 Å². The van der Waals surface area contributed by atoms with Gasteiger partial charge in [0.2, 0.25) is 5.79 Å². The summed E-state index contributed by atoms with van der Waals surface area (Å²) in [6.07, 6.45) is 2.83. The van der Waals surface area contributed by atoms with Crippen molar-refractivity contribution in [2.45, 2.75) is 90.4 Å². The molecule has 4 saturated heterocycles. The van der Waals surface area contributed by atoms with Gasteiger partial charge in [0.15, 0.2) is 24.8 Å². The van der Waals surface area contributed by atoms with Gasteiger partial charge in [0.25, 0.3) is 0 Å². The first-order valence-corrected chi connectivity index (χ1v) is 13.0. The van der Waals surface area contributed by atoms with Gasteiger partial charge in [-0.1, -0.05) is 26.0 Å². The first-order chi connectivity index (χ1) is 16.8. The predicted octanol–water partition coefficient (Wildman–Crippen LogP) is 4.91. The summed E-state index contributed by atoms with van der Waals surface area (Å²) in [6.45, 7) is 10.4. The highest BCUT2D eigenvalue weighted by Gasteiger charge is 2.69. The Kier molecular flexibility index (Phi) is 6.87. The number of fused-ring (bicyclic) bond motifs is 2. The molecular weight excluding hydrogens is 452 g/mol. The number of carbonyl (C=O) groups excluding carboxylic acids is 1. The van der Waals surface area contributed by atoms with Crippen LogP contribution in [0.5, 0.6) is 5.75 Å². The highest BCUT2D eigenvalue weighted by atomic mass is 17.3. The minimum absolute atomic E-state index is 0.110. The zero-order valence-corrected chi connectivity index (χ0v) is 21.4. The second kappa shape index (κ2) is 9.63. The van der Waals surface area contributed by atoms with Gasteiger partial charge in [-0.05, 0) is 69.6 Å². The second-order valence-electron chi connectivity index (χ2n) is 10.7. The van der Waals surface area contributed by atoms with Crippen LogP contribution in [0.2, 0.25) is 0 Å². The van der Waals surface area contributed by atoms with E-state index in [9.17, 15) is 4.79 Å². The van der Waals surface area contributed by atoms with E-state index in [1.165, 1.54) is 0 Å². The Labute approximate surface area is 207 Å². The van der Waals surface area contributed by atoms with E-state index >= 15 is 0 Å². The first kappa shape index (κ1) is 25.0. The molecule has 2 bridgehead atoms. The quantitative estimate of drug-likeness (QED) is 0.394. The summed E-state index contributed by atoms with van der Waals surface area (Å²) < 4.78 is 29.8. The van der Waals surface area contributed by atoms with Crippen molar-refractivity contribution < 1.29 is 38.3 Å². The van der Waals surface area contributed by atoms with Crippen molar-refractivity contribution in [3.63, 3.8) is 0 Å². The van der Waals surface area contributed by atoms with E-state index in [1.54, 1.807) is 6.92 Å². The van der Waals surface area contributed by atoms with Crippen LogP contribution in [-0.4, -0.2) is 43.2 Å². The predicted molar refractivity (Wildman–Crippen MR) is 125 cm³/mol. The molecule has 0 amide bonds. The summed E-state index contributed by atoms with van der Waals surface area (Å²) in [5, 5.41) is 0. The fourth-order valence-electron chi connectivity index (χ4n) is 6.49. The molecule has 1 aromatic rings. The topological polar surface area (TPSA) is 81.7 Å². The number of ether oxygens (including phenoxy) is 5. The fraction of sp³-hybridized carbons (Fsp3) is 0.741. The van der Waals surface area contributed by atoms with E-state index in [2.05, 4.69) is 13.8 Å². The molecule has 5 fully saturated rings. The molecule has 6 rings (SSSR count). The summed E-state index contributed by atoms with van der Waals surface area (Å²) >= 11 is 0. The van der Waals surface area contributed by atoms with Crippen LogP contribution < -0.4 is 4.74 Å². The van der Waals surface area contributed by atoms with Crippen LogP contribution in [0.25, 0.3) is 0 Å². The molecule has 0 aromatic heterocycles. The largest absolute Gasteiger partial charge is 0.482 e. The Hall–Kier alpha value is -1.71. The van der Waals surface area contributed by atoms with Crippen LogP contribution in [0.4, 0.5) is 0 Å². The maximum Gasteiger partial charge on any atom is 0.344 e. The summed E-state index contributed by atoms with van der Waals surface area (Å²) in [5.41, 5.74) is 0.406. The zero-order valence-electron chi connectivity index (χ0n) is 21.4. The van der Waals surface area contributed by atoms with Crippen LogP contribution >= 0.6 is 0 Å². The van der Waals surface area contributed by atoms with Crippen molar-refractivity contribution >= 4 is 5.97 Å². The minimum atomic E-state index is -0.798. The maximum atomic E-state index is 11.5. The third-order valence-electron chi connectivity index (χ3n) is 8.45. The third-order valence-corrected chi connectivity index (χ3v) is 8.45. The summed E-state index contributed by atoms with van der Waals surface area (Å²) in [6, 6.07) is 7.56. The van der Waals surface area contributed by atoms with E-state index in [-0.39, 0.29) is 30.5 Å². The van der Waals surface area contributed by atoms with Crippen LogP contribution in [0.15, 0.2) is 24.3 Å². The van der Waals surface area contributed by atoms with E-state index in [1.807, 2.05) is 38.1 Å². The second-order valence-corrected chi connectivity index (χ2v) is 10.7. The number of hydrogen-bond acceptors (Lipinski definition) is 8. The number of carbonyl (C=O) groups is 1. The van der Waals surface area contributed by atoms with Crippen molar-refractivity contribution in [2.24, 2.45) is 23.7 Å². The molecule has 1 spiro atoms. The monoisotopic (exact) mass is 490 g/mol. The normalized spacial score (nSPS) is 40.9. The lowest BCUT2D eigenvalue weighted by atomic mass is 9.58. The number of rotatable bonds is 7. The van der Waals surface area contributed by atoms with Crippen LogP contribution in [0.1, 0.15) is 72.0 Å². The molecule has 5 aliphatic rings. The highest BCUT2D eigenvalue weighted by Crippen LogP contribution is 2.60. The minimum Gasteiger partial charge on any atom is -0.482 e. The molecule has 35 heavy (non-hydrogen) atoms. The van der Waals surface area contributed by atoms with Crippen molar-refractivity contribution in [1.29, 1.82) is 0 Å². The Balaban J connectivity index is 1.28. The number of esters is 1. The molecule has 1 saturated carbocycles. The zero-order chi connectivity index (χ0) is 24.8. The molecule has 4 heterocycles. The summed E-state index contributed by atoms with van der Waals surface area (Å²) in [4.78, 5) is 23.6. The Bertz CT molecular complexity index is 905. The van der Waals surface area contributed by atoms with Gasteiger partial charge in [0.05, 0.1) is 12.7 Å². The molecule has 8 heteroatoms. The van der Waals surface area contributed by atoms with Crippen molar-refractivity contribution in [2.75, 3.05) is 13.2 Å². The standard InChI is InChI=1S/C27H38O8/c1-6-29-23(28)15-30-20-10-8-19(9-11-20)18(4)31-24-17(3)22-12-7-16(2)21-13-14-26(5)33-25(32-24)27(21,22)35-34-26/h8-11,16-18,21-22,24-25H,6-7,12-15H2,1-5H3/t16-,17-,18?,21?,22?,24+,25-,26+,27-/m1/s1. The van der Waals surface area contributed by atoms with Crippen molar-refractivity contribution in [1.82, 2.24) is 0 Å². The number of hydrogen-bond donors (Lipinski definition) is 0. The van der Waals surface area contributed by atoms with Gasteiger partial charge in [-0.25, -0.2) is 14.6 Å². The highest BCUT2D eigenvalue weighted by molar-refractivity contribution is 5.71. The SMILES string of the molecule is CCOC(=O)COc1ccc(C(C)O[C@H]2O[C@@H]3O[C@]4(C)CCC5[C@H](C)CCC([C@H]2C)[C@]53OO4)cc1. The maximum absolute atomic E-state index is 11.5.